The first-order valence-corrected chi connectivity index (χ1v) is 9.79. The molecule has 1 heterocycles. The van der Waals surface area contributed by atoms with E-state index in [1.807, 2.05) is 6.92 Å². The van der Waals surface area contributed by atoms with Gasteiger partial charge in [0, 0.05) is 11.8 Å². The maximum Gasteiger partial charge on any atom is 0.416 e. The lowest BCUT2D eigenvalue weighted by molar-refractivity contribution is -0.143. The predicted octanol–water partition coefficient (Wildman–Crippen LogP) is 5.73. The first-order chi connectivity index (χ1) is 14.5. The zero-order valence-corrected chi connectivity index (χ0v) is 16.6. The van der Waals surface area contributed by atoms with Crippen LogP contribution in [0.25, 0.3) is 11.0 Å². The molecule has 12 heteroatoms. The Labute approximate surface area is 176 Å². The van der Waals surface area contributed by atoms with Crippen LogP contribution >= 0.6 is 11.8 Å². The van der Waals surface area contributed by atoms with Crippen molar-refractivity contribution in [2.24, 2.45) is 0 Å². The third-order valence-electron chi connectivity index (χ3n) is 3.95. The van der Waals surface area contributed by atoms with Crippen LogP contribution in [-0.4, -0.2) is 28.2 Å². The number of imidazole rings is 1. The van der Waals surface area contributed by atoms with Crippen molar-refractivity contribution < 1.29 is 35.9 Å². The van der Waals surface area contributed by atoms with Gasteiger partial charge in [0.15, 0.2) is 5.16 Å². The number of nitrogens with zero attached hydrogens (tertiary/aromatic N) is 1. The summed E-state index contributed by atoms with van der Waals surface area (Å²) < 4.78 is 82.9. The minimum Gasteiger partial charge on any atom is -0.494 e. The summed E-state index contributed by atoms with van der Waals surface area (Å²) in [6.45, 7) is 2.31. The molecule has 0 aliphatic rings. The number of benzene rings is 2. The number of hydrogen-bond acceptors (Lipinski definition) is 4. The average Bonchev–Trinajstić information content (AvgIpc) is 3.07. The lowest BCUT2D eigenvalue weighted by atomic mass is 10.1. The molecule has 0 radical (unpaired) electrons. The smallest absolute Gasteiger partial charge is 0.416 e. The maximum atomic E-state index is 12.9. The van der Waals surface area contributed by atoms with Crippen molar-refractivity contribution in [2.75, 3.05) is 17.7 Å². The molecule has 0 saturated carbocycles. The summed E-state index contributed by atoms with van der Waals surface area (Å²) in [5.41, 5.74) is -2.35. The molecule has 2 N–H and O–H groups in total. The molecular formula is C19H15F6N3O2S. The van der Waals surface area contributed by atoms with Crippen LogP contribution in [0.1, 0.15) is 18.1 Å². The Morgan fingerprint density at radius 2 is 1.71 bits per heavy atom. The van der Waals surface area contributed by atoms with Crippen LogP contribution in [0.4, 0.5) is 32.0 Å². The number of carbonyl (C=O) groups excluding carboxylic acids is 1. The van der Waals surface area contributed by atoms with Gasteiger partial charge in [0.2, 0.25) is 5.91 Å². The van der Waals surface area contributed by atoms with E-state index in [1.54, 1.807) is 18.2 Å². The molecule has 0 saturated heterocycles. The molecule has 166 valence electrons. The van der Waals surface area contributed by atoms with E-state index in [2.05, 4.69) is 15.3 Å². The zero-order valence-electron chi connectivity index (χ0n) is 15.8. The van der Waals surface area contributed by atoms with Gasteiger partial charge in [-0.3, -0.25) is 4.79 Å². The molecule has 3 rings (SSSR count). The van der Waals surface area contributed by atoms with Crippen molar-refractivity contribution in [2.45, 2.75) is 24.4 Å². The quantitative estimate of drug-likeness (QED) is 0.362. The Bertz CT molecular complexity index is 1060. The minimum absolute atomic E-state index is 0.00464. The van der Waals surface area contributed by atoms with E-state index in [0.717, 1.165) is 11.8 Å². The third-order valence-corrected chi connectivity index (χ3v) is 4.83. The Morgan fingerprint density at radius 1 is 1.06 bits per heavy atom. The normalized spacial score (nSPS) is 12.2. The number of thioether (sulfide) groups is 1. The number of aromatic nitrogens is 2. The van der Waals surface area contributed by atoms with Crippen molar-refractivity contribution in [3.8, 4) is 5.75 Å². The molecule has 0 fully saturated rings. The molecule has 31 heavy (non-hydrogen) atoms. The van der Waals surface area contributed by atoms with Crippen LogP contribution in [0, 0.1) is 0 Å². The second kappa shape index (κ2) is 8.69. The van der Waals surface area contributed by atoms with Crippen molar-refractivity contribution >= 4 is 34.4 Å². The maximum absolute atomic E-state index is 12.9. The minimum atomic E-state index is -5.00. The summed E-state index contributed by atoms with van der Waals surface area (Å²) in [7, 11) is 0. The van der Waals surface area contributed by atoms with E-state index in [9.17, 15) is 31.1 Å². The molecule has 0 unspecified atom stereocenters. The van der Waals surface area contributed by atoms with Gasteiger partial charge in [-0.05, 0) is 37.3 Å². The second-order valence-electron chi connectivity index (χ2n) is 6.29. The summed E-state index contributed by atoms with van der Waals surface area (Å²) >= 11 is 0.948. The van der Waals surface area contributed by atoms with Gasteiger partial charge in [0.1, 0.15) is 5.75 Å². The fourth-order valence-electron chi connectivity index (χ4n) is 2.65. The molecule has 1 amide bonds. The largest absolute Gasteiger partial charge is 0.494 e. The standard InChI is InChI=1S/C19H15F6N3O2S/c1-2-30-13-3-4-14-15(8-13)28-17(27-14)31-9-16(29)26-12-6-10(18(20,21)22)5-11(7-12)19(23,24)25/h3-8H,2,9H2,1H3,(H,26,29)(H,27,28). The zero-order chi connectivity index (χ0) is 22.8. The Morgan fingerprint density at radius 3 is 2.29 bits per heavy atom. The lowest BCUT2D eigenvalue weighted by Crippen LogP contribution is -2.17. The molecule has 1 aromatic heterocycles. The van der Waals surface area contributed by atoms with Crippen LogP contribution < -0.4 is 10.1 Å². The summed E-state index contributed by atoms with van der Waals surface area (Å²) in [6.07, 6.45) is -9.99. The molecular weight excluding hydrogens is 448 g/mol. The molecule has 3 aromatic rings. The van der Waals surface area contributed by atoms with Gasteiger partial charge < -0.3 is 15.0 Å². The molecule has 0 aliphatic carbocycles. The fourth-order valence-corrected chi connectivity index (χ4v) is 3.33. The summed E-state index contributed by atoms with van der Waals surface area (Å²) in [5, 5.41) is 2.44. The number of anilines is 1. The Hall–Kier alpha value is -2.89. The van der Waals surface area contributed by atoms with Crippen molar-refractivity contribution in [1.82, 2.24) is 9.97 Å². The fraction of sp³-hybridized carbons (Fsp3) is 0.263. The highest BCUT2D eigenvalue weighted by atomic mass is 32.2. The number of nitrogens with one attached hydrogen (secondary N) is 2. The molecule has 5 nitrogen and oxygen atoms in total. The van der Waals surface area contributed by atoms with Gasteiger partial charge in [0.05, 0.1) is 34.5 Å². The van der Waals surface area contributed by atoms with Gasteiger partial charge in [-0.25, -0.2) is 4.98 Å². The SMILES string of the molecule is CCOc1ccc2nc(SCC(=O)Nc3cc(C(F)(F)F)cc(C(F)(F)F)c3)[nH]c2c1. The van der Waals surface area contributed by atoms with Crippen LogP contribution in [0.2, 0.25) is 0 Å². The van der Waals surface area contributed by atoms with Crippen LogP contribution in [0.3, 0.4) is 0 Å². The molecule has 0 aliphatic heterocycles. The van der Waals surface area contributed by atoms with E-state index < -0.39 is 35.1 Å². The number of amides is 1. The van der Waals surface area contributed by atoms with Crippen LogP contribution in [-0.2, 0) is 17.1 Å². The third kappa shape index (κ3) is 5.84. The van der Waals surface area contributed by atoms with E-state index in [-0.39, 0.29) is 11.8 Å². The van der Waals surface area contributed by atoms with Crippen LogP contribution in [0.15, 0.2) is 41.6 Å². The highest BCUT2D eigenvalue weighted by molar-refractivity contribution is 7.99. The number of rotatable bonds is 6. The van der Waals surface area contributed by atoms with Crippen molar-refractivity contribution in [3.63, 3.8) is 0 Å². The highest BCUT2D eigenvalue weighted by Gasteiger charge is 2.37. The summed E-state index contributed by atoms with van der Waals surface area (Å²) in [4.78, 5) is 19.3. The predicted molar refractivity (Wildman–Crippen MR) is 103 cm³/mol. The van der Waals surface area contributed by atoms with Gasteiger partial charge in [-0.15, -0.1) is 0 Å². The number of ether oxygens (including phenoxy) is 1. The number of alkyl halides is 6. The number of H-pyrrole nitrogens is 1. The Balaban J connectivity index is 1.71. The molecule has 0 atom stereocenters. The summed E-state index contributed by atoms with van der Waals surface area (Å²) in [5.74, 6) is -0.443. The average molecular weight is 463 g/mol. The Kier molecular flexibility index (Phi) is 6.39. The first-order valence-electron chi connectivity index (χ1n) is 8.80. The van der Waals surface area contributed by atoms with Gasteiger partial charge in [-0.1, -0.05) is 11.8 Å². The monoisotopic (exact) mass is 463 g/mol. The lowest BCUT2D eigenvalue weighted by Gasteiger charge is -2.14. The summed E-state index contributed by atoms with van der Waals surface area (Å²) in [6, 6.07) is 6.05. The van der Waals surface area contributed by atoms with E-state index in [4.69, 9.17) is 4.74 Å². The molecule has 0 bridgehead atoms. The van der Waals surface area contributed by atoms with E-state index in [1.165, 1.54) is 0 Å². The van der Waals surface area contributed by atoms with Crippen molar-refractivity contribution in [3.05, 3.63) is 47.5 Å². The number of carbonyl (C=O) groups is 1. The number of hydrogen-bond donors (Lipinski definition) is 2. The van der Waals surface area contributed by atoms with Crippen LogP contribution in [0.5, 0.6) is 5.75 Å². The topological polar surface area (TPSA) is 67.0 Å². The molecule has 2 aromatic carbocycles. The van der Waals surface area contributed by atoms with Gasteiger partial charge in [0.25, 0.3) is 0 Å². The van der Waals surface area contributed by atoms with Gasteiger partial charge >= 0.3 is 12.4 Å². The number of halogens is 6. The molecule has 0 spiro atoms. The van der Waals surface area contributed by atoms with E-state index >= 15 is 0 Å². The van der Waals surface area contributed by atoms with E-state index in [0.29, 0.717) is 40.7 Å². The second-order valence-corrected chi connectivity index (χ2v) is 7.25. The van der Waals surface area contributed by atoms with Gasteiger partial charge in [-0.2, -0.15) is 26.3 Å². The first kappa shape index (κ1) is 22.8. The number of aromatic amines is 1. The van der Waals surface area contributed by atoms with Crippen molar-refractivity contribution in [1.29, 1.82) is 0 Å². The highest BCUT2D eigenvalue weighted by Crippen LogP contribution is 2.37. The number of fused-ring (bicyclic) bond motifs is 1.